The molecule has 1 aliphatic rings. The number of nitrogens with one attached hydrogen (secondary N) is 1. The van der Waals surface area contributed by atoms with Crippen molar-refractivity contribution >= 4 is 22.0 Å². The van der Waals surface area contributed by atoms with Crippen molar-refractivity contribution in [2.45, 2.75) is 62.7 Å². The summed E-state index contributed by atoms with van der Waals surface area (Å²) < 4.78 is 32.0. The lowest BCUT2D eigenvalue weighted by Gasteiger charge is -2.41. The summed E-state index contributed by atoms with van der Waals surface area (Å²) >= 11 is 0. The summed E-state index contributed by atoms with van der Waals surface area (Å²) in [7, 11) is -1.44. The van der Waals surface area contributed by atoms with Crippen LogP contribution in [-0.2, 0) is 21.2 Å². The van der Waals surface area contributed by atoms with Gasteiger partial charge in [-0.05, 0) is 69.3 Å². The summed E-state index contributed by atoms with van der Waals surface area (Å²) in [5.74, 6) is -0.236. The van der Waals surface area contributed by atoms with Gasteiger partial charge in [0.1, 0.15) is 6.61 Å². The zero-order valence-electron chi connectivity index (χ0n) is 20.3. The summed E-state index contributed by atoms with van der Waals surface area (Å²) in [4.78, 5) is 15.1. The second kappa shape index (κ2) is 11.7. The van der Waals surface area contributed by atoms with Gasteiger partial charge in [0.05, 0.1) is 10.6 Å². The molecule has 0 aromatic heterocycles. The van der Waals surface area contributed by atoms with E-state index in [-0.39, 0.29) is 30.4 Å². The van der Waals surface area contributed by atoms with Crippen LogP contribution in [0.3, 0.4) is 0 Å². The van der Waals surface area contributed by atoms with Crippen LogP contribution in [0.25, 0.3) is 6.08 Å². The molecule has 1 saturated carbocycles. The first-order valence-electron chi connectivity index (χ1n) is 11.8. The Morgan fingerprint density at radius 3 is 2.44 bits per heavy atom. The standard InChI is InChI=1S/C27H36N2O4S/c1-5-21-11-14-25(15-12-21)34(31,32)19-23-17-24(29(4)20(2)3)13-16-26(23)28-27(30)33-18-22-9-7-6-8-10-22/h5-12,14-15,20,23-24,26H,1,13,16-19H2,2-4H3,(H,28,30)/t23-,24+,26-/m0/s1. The third-order valence-electron chi connectivity index (χ3n) is 6.77. The van der Waals surface area contributed by atoms with E-state index in [1.165, 1.54) is 0 Å². The zero-order valence-corrected chi connectivity index (χ0v) is 21.1. The average Bonchev–Trinajstić information content (AvgIpc) is 2.83. The quantitative estimate of drug-likeness (QED) is 0.547. The normalized spacial score (nSPS) is 20.8. The molecule has 0 unspecified atom stereocenters. The summed E-state index contributed by atoms with van der Waals surface area (Å²) in [5, 5.41) is 2.96. The summed E-state index contributed by atoms with van der Waals surface area (Å²) in [5.41, 5.74) is 1.78. The van der Waals surface area contributed by atoms with Crippen molar-refractivity contribution in [3.05, 3.63) is 72.3 Å². The minimum absolute atomic E-state index is 0.0213. The van der Waals surface area contributed by atoms with E-state index in [0.29, 0.717) is 23.8 Å². The lowest BCUT2D eigenvalue weighted by atomic mass is 9.81. The third kappa shape index (κ3) is 6.93. The van der Waals surface area contributed by atoms with E-state index < -0.39 is 15.9 Å². The summed E-state index contributed by atoms with van der Waals surface area (Å²) in [6, 6.07) is 16.6. The molecule has 0 heterocycles. The van der Waals surface area contributed by atoms with E-state index in [2.05, 4.69) is 37.7 Å². The Bertz CT molecular complexity index is 1050. The monoisotopic (exact) mass is 484 g/mol. The first kappa shape index (κ1) is 26.0. The fourth-order valence-corrected chi connectivity index (χ4v) is 6.19. The molecule has 3 atom stereocenters. The van der Waals surface area contributed by atoms with Crippen LogP contribution in [0, 0.1) is 5.92 Å². The highest BCUT2D eigenvalue weighted by molar-refractivity contribution is 7.91. The van der Waals surface area contributed by atoms with Crippen molar-refractivity contribution in [2.75, 3.05) is 12.8 Å². The predicted octanol–water partition coefficient (Wildman–Crippen LogP) is 4.91. The predicted molar refractivity (Wildman–Crippen MR) is 136 cm³/mol. The van der Waals surface area contributed by atoms with Crippen molar-refractivity contribution in [3.63, 3.8) is 0 Å². The highest BCUT2D eigenvalue weighted by Gasteiger charge is 2.37. The molecule has 2 aromatic rings. The number of sulfone groups is 1. The maximum atomic E-state index is 13.3. The van der Waals surface area contributed by atoms with Gasteiger partial charge in [0.2, 0.25) is 0 Å². The summed E-state index contributed by atoms with van der Waals surface area (Å²) in [6.45, 7) is 8.17. The highest BCUT2D eigenvalue weighted by atomic mass is 32.2. The molecule has 1 aliphatic carbocycles. The molecule has 1 N–H and O–H groups in total. The maximum absolute atomic E-state index is 13.3. The van der Waals surface area contributed by atoms with Crippen molar-refractivity contribution in [1.29, 1.82) is 0 Å². The SMILES string of the molecule is C=Cc1ccc(S(=O)(=O)C[C@@H]2C[C@H](N(C)C(C)C)CC[C@@H]2NC(=O)OCc2ccccc2)cc1. The second-order valence-electron chi connectivity index (χ2n) is 9.35. The molecule has 0 bridgehead atoms. The molecule has 1 fully saturated rings. The van der Waals surface area contributed by atoms with E-state index in [4.69, 9.17) is 4.74 Å². The van der Waals surface area contributed by atoms with E-state index in [0.717, 1.165) is 17.5 Å². The Kier molecular flexibility index (Phi) is 8.91. The van der Waals surface area contributed by atoms with Crippen molar-refractivity contribution in [2.24, 2.45) is 5.92 Å². The Morgan fingerprint density at radius 2 is 1.82 bits per heavy atom. The second-order valence-corrected chi connectivity index (χ2v) is 11.4. The zero-order chi connectivity index (χ0) is 24.7. The topological polar surface area (TPSA) is 75.7 Å². The molecule has 6 nitrogen and oxygen atoms in total. The lowest BCUT2D eigenvalue weighted by molar-refractivity contribution is 0.100. The number of rotatable bonds is 9. The number of amides is 1. The van der Waals surface area contributed by atoms with Gasteiger partial charge in [-0.2, -0.15) is 0 Å². The van der Waals surface area contributed by atoms with Crippen molar-refractivity contribution < 1.29 is 17.9 Å². The van der Waals surface area contributed by atoms with E-state index in [1.807, 2.05) is 30.3 Å². The van der Waals surface area contributed by atoms with Gasteiger partial charge in [0.25, 0.3) is 0 Å². The van der Waals surface area contributed by atoms with Gasteiger partial charge in [0.15, 0.2) is 9.84 Å². The molecular weight excluding hydrogens is 448 g/mol. The number of carbonyl (C=O) groups excluding carboxylic acids is 1. The van der Waals surface area contributed by atoms with Crippen LogP contribution < -0.4 is 5.32 Å². The van der Waals surface area contributed by atoms with Crippen LogP contribution in [0.5, 0.6) is 0 Å². The van der Waals surface area contributed by atoms with Crippen LogP contribution in [0.15, 0.2) is 66.1 Å². The van der Waals surface area contributed by atoms with Gasteiger partial charge < -0.3 is 15.0 Å². The number of nitrogens with zero attached hydrogens (tertiary/aromatic N) is 1. The van der Waals surface area contributed by atoms with Gasteiger partial charge in [-0.3, -0.25) is 0 Å². The van der Waals surface area contributed by atoms with Crippen molar-refractivity contribution in [3.8, 4) is 0 Å². The molecule has 0 saturated heterocycles. The Labute approximate surface area is 203 Å². The van der Waals surface area contributed by atoms with Crippen molar-refractivity contribution in [1.82, 2.24) is 10.2 Å². The van der Waals surface area contributed by atoms with Crippen LogP contribution in [0.4, 0.5) is 4.79 Å². The largest absolute Gasteiger partial charge is 0.445 e. The highest BCUT2D eigenvalue weighted by Crippen LogP contribution is 2.31. The molecule has 184 valence electrons. The van der Waals surface area contributed by atoms with Crippen LogP contribution in [0.2, 0.25) is 0 Å². The Morgan fingerprint density at radius 1 is 1.15 bits per heavy atom. The first-order chi connectivity index (χ1) is 16.2. The smallest absolute Gasteiger partial charge is 0.407 e. The van der Waals surface area contributed by atoms with Gasteiger partial charge >= 0.3 is 6.09 Å². The molecule has 2 aromatic carbocycles. The van der Waals surface area contributed by atoms with Gasteiger partial charge in [-0.1, -0.05) is 55.1 Å². The number of hydrogen-bond donors (Lipinski definition) is 1. The minimum Gasteiger partial charge on any atom is -0.445 e. The molecule has 0 spiro atoms. The van der Waals surface area contributed by atoms with Crippen LogP contribution >= 0.6 is 0 Å². The molecule has 1 amide bonds. The van der Waals surface area contributed by atoms with E-state index >= 15 is 0 Å². The first-order valence-corrected chi connectivity index (χ1v) is 13.5. The number of hydrogen-bond acceptors (Lipinski definition) is 5. The molecule has 0 radical (unpaired) electrons. The summed E-state index contributed by atoms with van der Waals surface area (Å²) in [6.07, 6.45) is 3.47. The van der Waals surface area contributed by atoms with Crippen LogP contribution in [0.1, 0.15) is 44.2 Å². The molecule has 0 aliphatic heterocycles. The van der Waals surface area contributed by atoms with E-state index in [1.54, 1.807) is 30.3 Å². The van der Waals surface area contributed by atoms with Gasteiger partial charge in [-0.15, -0.1) is 0 Å². The molecule has 7 heteroatoms. The average molecular weight is 485 g/mol. The van der Waals surface area contributed by atoms with Gasteiger partial charge in [0, 0.05) is 18.1 Å². The Hall–Kier alpha value is -2.64. The Balaban J connectivity index is 1.72. The van der Waals surface area contributed by atoms with Gasteiger partial charge in [-0.25, -0.2) is 13.2 Å². The third-order valence-corrected chi connectivity index (χ3v) is 8.63. The molecule has 34 heavy (non-hydrogen) atoms. The van der Waals surface area contributed by atoms with E-state index in [9.17, 15) is 13.2 Å². The fraction of sp³-hybridized carbons (Fsp3) is 0.444. The number of benzene rings is 2. The van der Waals surface area contributed by atoms with Crippen LogP contribution in [-0.4, -0.2) is 50.3 Å². The number of alkyl carbamates (subject to hydrolysis) is 1. The number of carbonyl (C=O) groups is 1. The fourth-order valence-electron chi connectivity index (χ4n) is 4.51. The number of ether oxygens (including phenoxy) is 1. The minimum atomic E-state index is -3.52. The maximum Gasteiger partial charge on any atom is 0.407 e. The molecular formula is C27H36N2O4S. The molecule has 3 rings (SSSR count). The lowest BCUT2D eigenvalue weighted by Crippen LogP contribution is -2.51.